The molecule has 0 saturated carbocycles. The maximum Gasteiger partial charge on any atom is 0.0273 e. The van der Waals surface area contributed by atoms with Crippen molar-refractivity contribution in [1.29, 1.82) is 0 Å². The summed E-state index contributed by atoms with van der Waals surface area (Å²) >= 11 is 0. The molecule has 1 heterocycles. The smallest absolute Gasteiger partial charge is 0.0273 e. The van der Waals surface area contributed by atoms with Gasteiger partial charge in [0.05, 0.1) is 0 Å². The molecule has 68 valence electrons. The molecule has 13 heavy (non-hydrogen) atoms. The molecule has 0 fully saturated rings. The number of allylic oxidation sites excluding steroid dienone is 2. The number of hydrogen-bond acceptors (Lipinski definition) is 2. The van der Waals surface area contributed by atoms with E-state index in [2.05, 4.69) is 4.98 Å². The van der Waals surface area contributed by atoms with Crippen LogP contribution in [-0.4, -0.2) is 11.5 Å². The fourth-order valence-electron chi connectivity index (χ4n) is 0.866. The third-order valence-electron chi connectivity index (χ3n) is 1.70. The zero-order valence-electron chi connectivity index (χ0n) is 7.77. The van der Waals surface area contributed by atoms with Crippen molar-refractivity contribution < 1.29 is 0 Å². The molecular weight excluding hydrogens is 160 g/mol. The number of pyridine rings is 1. The molecule has 0 radical (unpaired) electrons. The van der Waals surface area contributed by atoms with Gasteiger partial charge in [0, 0.05) is 18.9 Å². The first-order valence-electron chi connectivity index (χ1n) is 4.27. The molecule has 0 saturated heterocycles. The van der Waals surface area contributed by atoms with E-state index in [1.807, 2.05) is 37.3 Å². The van der Waals surface area contributed by atoms with Crippen molar-refractivity contribution >= 4 is 6.08 Å². The number of hydrogen-bond donors (Lipinski definition) is 1. The van der Waals surface area contributed by atoms with Crippen LogP contribution in [0.3, 0.4) is 0 Å². The maximum absolute atomic E-state index is 5.44. The van der Waals surface area contributed by atoms with E-state index in [9.17, 15) is 0 Å². The summed E-state index contributed by atoms with van der Waals surface area (Å²) in [5, 5.41) is 0. The first-order valence-corrected chi connectivity index (χ1v) is 4.27. The lowest BCUT2D eigenvalue weighted by molar-refractivity contribution is 1.14. The highest BCUT2D eigenvalue weighted by Gasteiger charge is 1.82. The average Bonchev–Trinajstić information content (AvgIpc) is 2.19. The Morgan fingerprint density at radius 3 is 2.77 bits per heavy atom. The minimum atomic E-state index is 0.612. The molecule has 1 aromatic rings. The van der Waals surface area contributed by atoms with Gasteiger partial charge in [-0.25, -0.2) is 0 Å². The summed E-state index contributed by atoms with van der Waals surface area (Å²) in [6, 6.07) is 3.92. The molecule has 0 unspecified atom stereocenters. The van der Waals surface area contributed by atoms with Crippen LogP contribution in [0.25, 0.3) is 6.08 Å². The summed E-state index contributed by atoms with van der Waals surface area (Å²) in [5.41, 5.74) is 7.76. The quantitative estimate of drug-likeness (QED) is 0.712. The van der Waals surface area contributed by atoms with Gasteiger partial charge in [0.1, 0.15) is 0 Å². The van der Waals surface area contributed by atoms with Gasteiger partial charge in [-0.3, -0.25) is 4.98 Å². The largest absolute Gasteiger partial charge is 0.327 e. The maximum atomic E-state index is 5.44. The van der Waals surface area contributed by atoms with E-state index in [1.165, 1.54) is 5.57 Å². The molecule has 0 spiro atoms. The van der Waals surface area contributed by atoms with Crippen LogP contribution >= 0.6 is 0 Å². The number of nitrogens with two attached hydrogens (primary N) is 1. The normalized spacial score (nSPS) is 12.3. The average molecular weight is 174 g/mol. The summed E-state index contributed by atoms with van der Waals surface area (Å²) in [5.74, 6) is 0. The van der Waals surface area contributed by atoms with Crippen LogP contribution in [0.5, 0.6) is 0 Å². The molecule has 1 rings (SSSR count). The Morgan fingerprint density at radius 1 is 1.46 bits per heavy atom. The number of aromatic nitrogens is 1. The minimum Gasteiger partial charge on any atom is -0.327 e. The molecule has 0 amide bonds. The first kappa shape index (κ1) is 9.68. The zero-order chi connectivity index (χ0) is 9.52. The fourth-order valence-corrected chi connectivity index (χ4v) is 0.866. The Hall–Kier alpha value is -1.41. The predicted octanol–water partition coefficient (Wildman–Crippen LogP) is 2.00. The summed E-state index contributed by atoms with van der Waals surface area (Å²) < 4.78 is 0. The Morgan fingerprint density at radius 2 is 2.15 bits per heavy atom. The number of nitrogens with zero attached hydrogens (tertiary/aromatic N) is 1. The van der Waals surface area contributed by atoms with E-state index in [1.54, 1.807) is 12.4 Å². The zero-order valence-corrected chi connectivity index (χ0v) is 7.77. The monoisotopic (exact) mass is 174 g/mol. The summed E-state index contributed by atoms with van der Waals surface area (Å²) in [4.78, 5) is 3.94. The molecule has 0 aromatic carbocycles. The van der Waals surface area contributed by atoms with Crippen molar-refractivity contribution in [3.05, 3.63) is 47.8 Å². The van der Waals surface area contributed by atoms with Gasteiger partial charge in [-0.05, 0) is 24.6 Å². The third-order valence-corrected chi connectivity index (χ3v) is 1.70. The Balaban J connectivity index is 2.60. The highest BCUT2D eigenvalue weighted by molar-refractivity contribution is 5.50. The predicted molar refractivity (Wildman–Crippen MR) is 56.1 cm³/mol. The van der Waals surface area contributed by atoms with Crippen molar-refractivity contribution in [2.24, 2.45) is 5.73 Å². The topological polar surface area (TPSA) is 38.9 Å². The molecule has 2 heteroatoms. The minimum absolute atomic E-state index is 0.612. The standard InChI is InChI=1S/C11H14N2/c1-10(9-12)3-2-4-11-5-7-13-8-6-11/h2-8H,9,12H2,1H3/b4-2+,10-3+. The van der Waals surface area contributed by atoms with Gasteiger partial charge in [-0.1, -0.05) is 23.8 Å². The first-order chi connectivity index (χ1) is 6.33. The Labute approximate surface area is 78.8 Å². The third kappa shape index (κ3) is 3.67. The van der Waals surface area contributed by atoms with Crippen molar-refractivity contribution in [1.82, 2.24) is 4.98 Å². The van der Waals surface area contributed by atoms with E-state index in [4.69, 9.17) is 5.73 Å². The molecule has 0 aliphatic rings. The Kier molecular flexibility index (Phi) is 3.93. The lowest BCUT2D eigenvalue weighted by atomic mass is 10.2. The van der Waals surface area contributed by atoms with E-state index >= 15 is 0 Å². The lowest BCUT2D eigenvalue weighted by Crippen LogP contribution is -1.98. The van der Waals surface area contributed by atoms with Crippen LogP contribution in [-0.2, 0) is 0 Å². The lowest BCUT2D eigenvalue weighted by Gasteiger charge is -1.91. The van der Waals surface area contributed by atoms with Gasteiger partial charge in [0.25, 0.3) is 0 Å². The highest BCUT2D eigenvalue weighted by atomic mass is 14.6. The number of rotatable bonds is 3. The van der Waals surface area contributed by atoms with E-state index in [0.717, 1.165) is 5.56 Å². The second-order valence-corrected chi connectivity index (χ2v) is 2.86. The molecule has 0 atom stereocenters. The molecular formula is C11H14N2. The van der Waals surface area contributed by atoms with E-state index in [-0.39, 0.29) is 0 Å². The van der Waals surface area contributed by atoms with Gasteiger partial charge >= 0.3 is 0 Å². The van der Waals surface area contributed by atoms with Crippen LogP contribution in [0, 0.1) is 0 Å². The molecule has 1 aromatic heterocycles. The van der Waals surface area contributed by atoms with Crippen molar-refractivity contribution in [3.8, 4) is 0 Å². The molecule has 0 bridgehead atoms. The van der Waals surface area contributed by atoms with E-state index < -0.39 is 0 Å². The molecule has 0 aliphatic heterocycles. The summed E-state index contributed by atoms with van der Waals surface area (Å²) in [7, 11) is 0. The second-order valence-electron chi connectivity index (χ2n) is 2.86. The highest BCUT2D eigenvalue weighted by Crippen LogP contribution is 2.00. The van der Waals surface area contributed by atoms with Crippen LogP contribution in [0.15, 0.2) is 42.3 Å². The van der Waals surface area contributed by atoms with Gasteiger partial charge in [0.15, 0.2) is 0 Å². The van der Waals surface area contributed by atoms with E-state index in [0.29, 0.717) is 6.54 Å². The summed E-state index contributed by atoms with van der Waals surface area (Å²) in [6.45, 7) is 2.62. The fraction of sp³-hybridized carbons (Fsp3) is 0.182. The SMILES string of the molecule is C/C(=C\C=C\c1ccncc1)CN. The van der Waals surface area contributed by atoms with Crippen LogP contribution in [0.2, 0.25) is 0 Å². The Bertz CT molecular complexity index is 299. The van der Waals surface area contributed by atoms with Crippen molar-refractivity contribution in [2.45, 2.75) is 6.92 Å². The van der Waals surface area contributed by atoms with Gasteiger partial charge in [-0.15, -0.1) is 0 Å². The van der Waals surface area contributed by atoms with Crippen LogP contribution in [0.1, 0.15) is 12.5 Å². The van der Waals surface area contributed by atoms with Gasteiger partial charge in [0.2, 0.25) is 0 Å². The van der Waals surface area contributed by atoms with Crippen molar-refractivity contribution in [3.63, 3.8) is 0 Å². The molecule has 0 aliphatic carbocycles. The molecule has 2 nitrogen and oxygen atoms in total. The van der Waals surface area contributed by atoms with Gasteiger partial charge in [-0.2, -0.15) is 0 Å². The summed E-state index contributed by atoms with van der Waals surface area (Å²) in [6.07, 6.45) is 9.59. The van der Waals surface area contributed by atoms with Gasteiger partial charge < -0.3 is 5.73 Å². The van der Waals surface area contributed by atoms with Crippen molar-refractivity contribution in [2.75, 3.05) is 6.54 Å². The van der Waals surface area contributed by atoms with Crippen LogP contribution in [0.4, 0.5) is 0 Å². The molecule has 2 N–H and O–H groups in total. The van der Waals surface area contributed by atoms with Crippen LogP contribution < -0.4 is 5.73 Å². The second kappa shape index (κ2) is 5.27.